The average Bonchev–Trinajstić information content (AvgIpc) is 2.97. The number of aromatic nitrogens is 4. The lowest BCUT2D eigenvalue weighted by Crippen LogP contribution is -2.33. The van der Waals surface area contributed by atoms with Crippen LogP contribution in [0.5, 0.6) is 0 Å². The normalized spacial score (nSPS) is 11.1. The zero-order valence-corrected chi connectivity index (χ0v) is 13.6. The molecule has 1 amide bonds. The monoisotopic (exact) mass is 356 g/mol. The number of hydrazone groups is 1. The lowest BCUT2D eigenvalue weighted by Gasteiger charge is -1.97. The number of aromatic amines is 1. The summed E-state index contributed by atoms with van der Waals surface area (Å²) in [6.45, 7) is 1.52. The minimum atomic E-state index is -0.518. The summed E-state index contributed by atoms with van der Waals surface area (Å²) >= 11 is 0. The van der Waals surface area contributed by atoms with Gasteiger partial charge < -0.3 is 0 Å². The number of carbonyl (C=O) groups excluding carboxylic acids is 1. The average molecular weight is 356 g/mol. The molecule has 3 rings (SSSR count). The van der Waals surface area contributed by atoms with Gasteiger partial charge in [0.1, 0.15) is 0 Å². The molecule has 132 valence electrons. The number of nitro groups is 1. The Kier molecular flexibility index (Phi) is 4.51. The van der Waals surface area contributed by atoms with E-state index in [1.54, 1.807) is 13.0 Å². The summed E-state index contributed by atoms with van der Waals surface area (Å²) in [5.41, 5.74) is 3.29. The number of nitrogens with zero attached hydrogens (tertiary/aromatic N) is 5. The maximum absolute atomic E-state index is 12.0. The molecule has 0 atom stereocenters. The van der Waals surface area contributed by atoms with Crippen molar-refractivity contribution in [1.82, 2.24) is 20.3 Å². The van der Waals surface area contributed by atoms with Crippen molar-refractivity contribution in [3.8, 4) is 0 Å². The first-order valence-corrected chi connectivity index (χ1v) is 7.47. The van der Waals surface area contributed by atoms with Crippen molar-refractivity contribution >= 4 is 23.5 Å². The number of H-pyrrole nitrogens is 1. The number of nitrogens with one attached hydrogen (secondary N) is 2. The molecule has 26 heavy (non-hydrogen) atoms. The van der Waals surface area contributed by atoms with E-state index in [0.717, 1.165) is 0 Å². The third-order valence-corrected chi connectivity index (χ3v) is 3.42. The predicted octanol–water partition coefficient (Wildman–Crippen LogP) is -0.323. The molecular formula is C15H14N7O4+. The zero-order valence-electron chi connectivity index (χ0n) is 13.6. The topological polar surface area (TPSA) is 139 Å². The summed E-state index contributed by atoms with van der Waals surface area (Å²) in [5, 5.41) is 21.4. The van der Waals surface area contributed by atoms with Gasteiger partial charge in [-0.25, -0.2) is 10.5 Å². The van der Waals surface area contributed by atoms with Crippen molar-refractivity contribution in [2.24, 2.45) is 5.10 Å². The molecule has 0 aliphatic carbocycles. The summed E-state index contributed by atoms with van der Waals surface area (Å²) in [4.78, 5) is 34.2. The minimum absolute atomic E-state index is 0.0742. The van der Waals surface area contributed by atoms with Crippen LogP contribution in [0.25, 0.3) is 5.65 Å². The van der Waals surface area contributed by atoms with Crippen molar-refractivity contribution in [3.05, 3.63) is 68.3 Å². The van der Waals surface area contributed by atoms with Crippen LogP contribution in [-0.2, 0) is 11.3 Å². The van der Waals surface area contributed by atoms with E-state index in [-0.39, 0.29) is 23.3 Å². The van der Waals surface area contributed by atoms with Crippen molar-refractivity contribution in [2.45, 2.75) is 13.5 Å². The number of carbonyl (C=O) groups is 1. The number of benzene rings is 1. The SMILES string of the molecule is Cc1cc(=O)c2n(CC(=O)N/N=C\c3cccc([N+](=O)[O-])c3)nc[n+]2[nH]1. The van der Waals surface area contributed by atoms with Crippen LogP contribution in [0.4, 0.5) is 5.69 Å². The Labute approximate surface area is 145 Å². The van der Waals surface area contributed by atoms with Gasteiger partial charge in [0.05, 0.1) is 11.1 Å². The van der Waals surface area contributed by atoms with E-state index in [2.05, 4.69) is 20.7 Å². The van der Waals surface area contributed by atoms with Crippen molar-refractivity contribution in [1.29, 1.82) is 0 Å². The Morgan fingerprint density at radius 3 is 3.08 bits per heavy atom. The standard InChI is InChI=1S/C15H13N7O4/c1-10-5-13(23)15-20(17-9-21(15)19-10)8-14(24)18-16-7-11-3-2-4-12(6-11)22(25)26/h2-7,9H,8H2,1H3,(H-,18,19,23,24)/p+1/b16-7-. The highest BCUT2D eigenvalue weighted by Gasteiger charge is 2.18. The van der Waals surface area contributed by atoms with Crippen LogP contribution in [0.15, 0.2) is 46.6 Å². The maximum atomic E-state index is 12.0. The van der Waals surface area contributed by atoms with Gasteiger partial charge in [-0.3, -0.25) is 19.7 Å². The molecule has 0 spiro atoms. The van der Waals surface area contributed by atoms with Crippen molar-refractivity contribution < 1.29 is 14.2 Å². The Morgan fingerprint density at radius 2 is 2.31 bits per heavy atom. The number of hydrogen-bond donors (Lipinski definition) is 2. The van der Waals surface area contributed by atoms with E-state index in [1.165, 1.54) is 46.0 Å². The van der Waals surface area contributed by atoms with Crippen LogP contribution in [-0.4, -0.2) is 31.9 Å². The molecule has 2 heterocycles. The highest BCUT2D eigenvalue weighted by Crippen LogP contribution is 2.11. The number of nitro benzene ring substituents is 1. The second kappa shape index (κ2) is 6.93. The number of fused-ring (bicyclic) bond motifs is 1. The first-order valence-electron chi connectivity index (χ1n) is 7.47. The summed E-state index contributed by atoms with van der Waals surface area (Å²) in [6.07, 6.45) is 2.68. The minimum Gasteiger partial charge on any atom is -0.282 e. The molecular weight excluding hydrogens is 342 g/mol. The second-order valence-electron chi connectivity index (χ2n) is 5.43. The fourth-order valence-corrected chi connectivity index (χ4v) is 2.34. The van der Waals surface area contributed by atoms with Gasteiger partial charge in [-0.15, -0.1) is 4.52 Å². The predicted molar refractivity (Wildman–Crippen MR) is 89.6 cm³/mol. The summed E-state index contributed by atoms with van der Waals surface area (Å²) in [5.74, 6) is -0.503. The molecule has 0 bridgehead atoms. The Morgan fingerprint density at radius 1 is 1.50 bits per heavy atom. The molecule has 0 saturated carbocycles. The smallest absolute Gasteiger partial charge is 0.282 e. The fourth-order valence-electron chi connectivity index (χ4n) is 2.34. The molecule has 11 nitrogen and oxygen atoms in total. The maximum Gasteiger partial charge on any atom is 0.331 e. The van der Waals surface area contributed by atoms with Gasteiger partial charge in [-0.05, 0) is 6.92 Å². The van der Waals surface area contributed by atoms with E-state index in [9.17, 15) is 19.7 Å². The molecule has 0 saturated heterocycles. The van der Waals surface area contributed by atoms with Crippen LogP contribution < -0.4 is 15.4 Å². The Hall–Kier alpha value is -3.89. The quantitative estimate of drug-likeness (QED) is 0.279. The van der Waals surface area contributed by atoms with Crippen molar-refractivity contribution in [2.75, 3.05) is 0 Å². The fraction of sp³-hybridized carbons (Fsp3) is 0.133. The van der Waals surface area contributed by atoms with Gasteiger partial charge in [0.2, 0.25) is 0 Å². The van der Waals surface area contributed by atoms with E-state index in [0.29, 0.717) is 11.3 Å². The van der Waals surface area contributed by atoms with Gasteiger partial charge in [0.25, 0.3) is 23.4 Å². The lowest BCUT2D eigenvalue weighted by atomic mass is 10.2. The lowest BCUT2D eigenvalue weighted by molar-refractivity contribution is -0.582. The largest absolute Gasteiger partial charge is 0.331 e. The molecule has 0 aliphatic rings. The first kappa shape index (κ1) is 17.0. The van der Waals surface area contributed by atoms with Gasteiger partial charge in [-0.2, -0.15) is 5.10 Å². The summed E-state index contributed by atoms with van der Waals surface area (Å²) < 4.78 is 2.67. The molecule has 2 N–H and O–H groups in total. The van der Waals surface area contributed by atoms with Gasteiger partial charge in [0, 0.05) is 34.6 Å². The molecule has 0 fully saturated rings. The summed E-state index contributed by atoms with van der Waals surface area (Å²) in [6, 6.07) is 7.22. The number of aryl methyl sites for hydroxylation is 1. The van der Waals surface area contributed by atoms with E-state index in [1.807, 2.05) is 0 Å². The van der Waals surface area contributed by atoms with Gasteiger partial charge >= 0.3 is 5.65 Å². The molecule has 0 aliphatic heterocycles. The van der Waals surface area contributed by atoms with Crippen LogP contribution in [0.2, 0.25) is 0 Å². The van der Waals surface area contributed by atoms with Crippen LogP contribution in [0, 0.1) is 17.0 Å². The molecule has 0 unspecified atom stereocenters. The number of amides is 1. The van der Waals surface area contributed by atoms with Gasteiger partial charge in [-0.1, -0.05) is 16.8 Å². The molecule has 11 heteroatoms. The number of hydrogen-bond acceptors (Lipinski definition) is 6. The molecule has 3 aromatic rings. The summed E-state index contributed by atoms with van der Waals surface area (Å²) in [7, 11) is 0. The zero-order chi connectivity index (χ0) is 18.7. The third-order valence-electron chi connectivity index (χ3n) is 3.42. The molecule has 0 radical (unpaired) electrons. The third kappa shape index (κ3) is 3.61. The van der Waals surface area contributed by atoms with Crippen LogP contribution in [0.1, 0.15) is 11.3 Å². The van der Waals surface area contributed by atoms with Gasteiger partial charge in [0.15, 0.2) is 6.54 Å². The van der Waals surface area contributed by atoms with E-state index < -0.39 is 10.8 Å². The molecule has 2 aromatic heterocycles. The van der Waals surface area contributed by atoms with E-state index >= 15 is 0 Å². The first-order chi connectivity index (χ1) is 12.4. The van der Waals surface area contributed by atoms with E-state index in [4.69, 9.17) is 0 Å². The van der Waals surface area contributed by atoms with Crippen molar-refractivity contribution in [3.63, 3.8) is 0 Å². The Bertz CT molecular complexity index is 1080. The van der Waals surface area contributed by atoms with Crippen LogP contribution in [0.3, 0.4) is 0 Å². The van der Waals surface area contributed by atoms with Crippen LogP contribution >= 0.6 is 0 Å². The number of non-ortho nitro benzene ring substituents is 1. The Balaban J connectivity index is 1.69. The highest BCUT2D eigenvalue weighted by atomic mass is 16.6. The highest BCUT2D eigenvalue weighted by molar-refractivity contribution is 5.83. The second-order valence-corrected chi connectivity index (χ2v) is 5.43. The number of rotatable bonds is 5. The molecule has 1 aromatic carbocycles.